The highest BCUT2D eigenvalue weighted by Crippen LogP contribution is 2.41. The minimum Gasteiger partial charge on any atom is -0.496 e. The Bertz CT molecular complexity index is 524. The number of hydrogen-bond donors (Lipinski definition) is 1. The van der Waals surface area contributed by atoms with Crippen molar-refractivity contribution in [3.63, 3.8) is 0 Å². The van der Waals surface area contributed by atoms with Crippen molar-refractivity contribution >= 4 is 5.57 Å². The molecule has 1 heterocycles. The first-order valence-corrected chi connectivity index (χ1v) is 6.20. The fourth-order valence-electron chi connectivity index (χ4n) is 2.22. The second-order valence-electron chi connectivity index (χ2n) is 4.45. The lowest BCUT2D eigenvalue weighted by Crippen LogP contribution is -2.22. The maximum Gasteiger partial charge on any atom is 0.420 e. The molecule has 0 fully saturated rings. The van der Waals surface area contributed by atoms with Crippen molar-refractivity contribution in [1.29, 1.82) is 0 Å². The van der Waals surface area contributed by atoms with Crippen LogP contribution in [0.2, 0.25) is 0 Å². The summed E-state index contributed by atoms with van der Waals surface area (Å²) in [5.74, 6) is 0.00727. The quantitative estimate of drug-likeness (QED) is 0.926. The summed E-state index contributed by atoms with van der Waals surface area (Å²) in [6.45, 7) is 1.47. The highest BCUT2D eigenvalue weighted by atomic mass is 19.4. The first kappa shape index (κ1) is 14.7. The normalized spacial score (nSPS) is 15.8. The Morgan fingerprint density at radius 1 is 1.10 bits per heavy atom. The molecule has 110 valence electrons. The van der Waals surface area contributed by atoms with Gasteiger partial charge in [0, 0.05) is 12.1 Å². The third-order valence-electron chi connectivity index (χ3n) is 3.20. The Labute approximate surface area is 115 Å². The number of nitrogens with one attached hydrogen (secondary N) is 1. The van der Waals surface area contributed by atoms with Gasteiger partial charge in [0.2, 0.25) is 0 Å². The van der Waals surface area contributed by atoms with E-state index in [9.17, 15) is 13.2 Å². The molecule has 0 aromatic heterocycles. The molecule has 1 aliphatic rings. The molecule has 1 aromatic carbocycles. The summed E-state index contributed by atoms with van der Waals surface area (Å²) >= 11 is 0. The van der Waals surface area contributed by atoms with Crippen molar-refractivity contribution in [1.82, 2.24) is 5.32 Å². The molecule has 0 saturated heterocycles. The third-order valence-corrected chi connectivity index (χ3v) is 3.20. The Kier molecular flexibility index (Phi) is 4.23. The van der Waals surface area contributed by atoms with E-state index in [0.717, 1.165) is 24.6 Å². The van der Waals surface area contributed by atoms with Crippen LogP contribution in [0, 0.1) is 0 Å². The molecule has 3 nitrogen and oxygen atoms in total. The number of hydrogen-bond acceptors (Lipinski definition) is 3. The Hall–Kier alpha value is -1.69. The summed E-state index contributed by atoms with van der Waals surface area (Å²) in [7, 11) is 2.59. The first-order chi connectivity index (χ1) is 9.47. The van der Waals surface area contributed by atoms with E-state index >= 15 is 0 Å². The number of ether oxygens (including phenoxy) is 2. The van der Waals surface area contributed by atoms with Crippen LogP contribution >= 0.6 is 0 Å². The van der Waals surface area contributed by atoms with Crippen molar-refractivity contribution in [3.8, 4) is 11.5 Å². The molecule has 0 atom stereocenters. The van der Waals surface area contributed by atoms with E-state index in [1.54, 1.807) is 0 Å². The van der Waals surface area contributed by atoms with Crippen LogP contribution in [0.5, 0.6) is 11.5 Å². The lowest BCUT2D eigenvalue weighted by atomic mass is 9.98. The summed E-state index contributed by atoms with van der Waals surface area (Å²) in [5.41, 5.74) is 0.717. The van der Waals surface area contributed by atoms with Gasteiger partial charge in [0.15, 0.2) is 0 Å². The van der Waals surface area contributed by atoms with Crippen LogP contribution in [0.3, 0.4) is 0 Å². The van der Waals surface area contributed by atoms with E-state index in [1.165, 1.54) is 20.3 Å². The van der Waals surface area contributed by atoms with E-state index in [4.69, 9.17) is 9.47 Å². The van der Waals surface area contributed by atoms with Crippen LogP contribution in [0.1, 0.15) is 17.5 Å². The number of rotatable bonds is 3. The van der Waals surface area contributed by atoms with Crippen LogP contribution < -0.4 is 14.8 Å². The number of benzene rings is 1. The topological polar surface area (TPSA) is 30.5 Å². The number of alkyl halides is 3. The van der Waals surface area contributed by atoms with Gasteiger partial charge in [-0.15, -0.1) is 0 Å². The predicted molar refractivity (Wildman–Crippen MR) is 70.0 cm³/mol. The average Bonchev–Trinajstić information content (AvgIpc) is 2.45. The Morgan fingerprint density at radius 2 is 1.80 bits per heavy atom. The number of halogens is 3. The van der Waals surface area contributed by atoms with Crippen LogP contribution in [0.25, 0.3) is 5.57 Å². The summed E-state index contributed by atoms with van der Waals surface area (Å²) in [4.78, 5) is 0. The average molecular weight is 287 g/mol. The van der Waals surface area contributed by atoms with Gasteiger partial charge in [-0.25, -0.2) is 0 Å². The van der Waals surface area contributed by atoms with Gasteiger partial charge in [0.25, 0.3) is 0 Å². The van der Waals surface area contributed by atoms with Gasteiger partial charge >= 0.3 is 6.18 Å². The Balaban J connectivity index is 2.55. The van der Waals surface area contributed by atoms with Crippen molar-refractivity contribution in [3.05, 3.63) is 29.3 Å². The van der Waals surface area contributed by atoms with Gasteiger partial charge in [-0.05, 0) is 30.7 Å². The molecule has 0 saturated carbocycles. The standard InChI is InChI=1S/C14H16F3NO2/c1-19-12-7-11(14(15,16)17)13(20-2)6-10(12)9-4-3-5-18-8-9/h4,6-7,18H,3,5,8H2,1-2H3. The fourth-order valence-corrected chi connectivity index (χ4v) is 2.22. The number of methoxy groups -OCH3 is 2. The lowest BCUT2D eigenvalue weighted by Gasteiger charge is -2.20. The molecule has 1 aromatic rings. The molecule has 0 aliphatic carbocycles. The van der Waals surface area contributed by atoms with E-state index in [1.807, 2.05) is 6.08 Å². The Morgan fingerprint density at radius 3 is 2.30 bits per heavy atom. The largest absolute Gasteiger partial charge is 0.496 e. The second-order valence-corrected chi connectivity index (χ2v) is 4.45. The molecule has 0 radical (unpaired) electrons. The third kappa shape index (κ3) is 2.90. The van der Waals surface area contributed by atoms with E-state index in [-0.39, 0.29) is 11.5 Å². The molecule has 0 amide bonds. The second kappa shape index (κ2) is 5.75. The molecule has 0 unspecified atom stereocenters. The summed E-state index contributed by atoms with van der Waals surface area (Å²) in [5, 5.41) is 3.18. The van der Waals surface area contributed by atoms with Crippen molar-refractivity contribution in [2.45, 2.75) is 12.6 Å². The highest BCUT2D eigenvalue weighted by molar-refractivity contribution is 5.74. The predicted octanol–water partition coefficient (Wildman–Crippen LogP) is 3.10. The van der Waals surface area contributed by atoms with Gasteiger partial charge in [0.05, 0.1) is 14.2 Å². The zero-order chi connectivity index (χ0) is 14.8. The monoisotopic (exact) mass is 287 g/mol. The fraction of sp³-hybridized carbons (Fsp3) is 0.429. The molecule has 1 N–H and O–H groups in total. The van der Waals surface area contributed by atoms with Gasteiger partial charge in [-0.2, -0.15) is 13.2 Å². The van der Waals surface area contributed by atoms with Crippen LogP contribution in [-0.4, -0.2) is 27.3 Å². The molecule has 0 bridgehead atoms. The van der Waals surface area contributed by atoms with Crippen LogP contribution in [0.15, 0.2) is 18.2 Å². The van der Waals surface area contributed by atoms with Gasteiger partial charge in [-0.1, -0.05) is 6.08 Å². The highest BCUT2D eigenvalue weighted by Gasteiger charge is 2.35. The van der Waals surface area contributed by atoms with E-state index in [0.29, 0.717) is 12.1 Å². The van der Waals surface area contributed by atoms with E-state index in [2.05, 4.69) is 5.32 Å². The van der Waals surface area contributed by atoms with Gasteiger partial charge in [-0.3, -0.25) is 0 Å². The van der Waals surface area contributed by atoms with Crippen LogP contribution in [-0.2, 0) is 6.18 Å². The summed E-state index contributed by atoms with van der Waals surface area (Å²) < 4.78 is 48.9. The molecule has 0 spiro atoms. The zero-order valence-electron chi connectivity index (χ0n) is 11.3. The first-order valence-electron chi connectivity index (χ1n) is 6.20. The lowest BCUT2D eigenvalue weighted by molar-refractivity contribution is -0.138. The van der Waals surface area contributed by atoms with Crippen LogP contribution in [0.4, 0.5) is 13.2 Å². The maximum atomic E-state index is 13.0. The van der Waals surface area contributed by atoms with Gasteiger partial charge < -0.3 is 14.8 Å². The minimum atomic E-state index is -4.48. The maximum absolute atomic E-state index is 13.0. The van der Waals surface area contributed by atoms with Gasteiger partial charge in [0.1, 0.15) is 17.1 Å². The molecule has 1 aliphatic heterocycles. The molecular formula is C14H16F3NO2. The van der Waals surface area contributed by atoms with E-state index < -0.39 is 11.7 Å². The smallest absolute Gasteiger partial charge is 0.420 e. The van der Waals surface area contributed by atoms with Crippen molar-refractivity contribution in [2.24, 2.45) is 0 Å². The van der Waals surface area contributed by atoms with Crippen molar-refractivity contribution < 1.29 is 22.6 Å². The molecule has 20 heavy (non-hydrogen) atoms. The summed E-state index contributed by atoms with van der Waals surface area (Å²) in [6, 6.07) is 2.38. The summed E-state index contributed by atoms with van der Waals surface area (Å²) in [6.07, 6.45) is -1.64. The molecule has 6 heteroatoms. The molecule has 2 rings (SSSR count). The SMILES string of the molecule is COc1cc(C(F)(F)F)c(OC)cc1C1=CCCNC1. The minimum absolute atomic E-state index is 0.195. The van der Waals surface area contributed by atoms with Crippen molar-refractivity contribution in [2.75, 3.05) is 27.3 Å². The zero-order valence-corrected chi connectivity index (χ0v) is 11.3. The molecular weight excluding hydrogens is 271 g/mol.